The van der Waals surface area contributed by atoms with E-state index in [4.69, 9.17) is 0 Å². The van der Waals surface area contributed by atoms with Crippen LogP contribution in [0.3, 0.4) is 0 Å². The third-order valence-electron chi connectivity index (χ3n) is 5.39. The quantitative estimate of drug-likeness (QED) is 0.869. The number of carbonyl (C=O) groups is 1. The normalized spacial score (nSPS) is 24.4. The topological polar surface area (TPSA) is 41.4 Å². The molecule has 4 heterocycles. The predicted octanol–water partition coefficient (Wildman–Crippen LogP) is 2.14. The van der Waals surface area contributed by atoms with Crippen LogP contribution in [0.15, 0.2) is 36.5 Å². The molecule has 5 nitrogen and oxygen atoms in total. The van der Waals surface area contributed by atoms with Gasteiger partial charge in [-0.1, -0.05) is 30.3 Å². The van der Waals surface area contributed by atoms with Crippen LogP contribution in [0, 0.1) is 5.92 Å². The zero-order valence-electron chi connectivity index (χ0n) is 14.4. The van der Waals surface area contributed by atoms with Gasteiger partial charge in [0, 0.05) is 57.1 Å². The van der Waals surface area contributed by atoms with E-state index in [-0.39, 0.29) is 5.92 Å². The van der Waals surface area contributed by atoms with Crippen molar-refractivity contribution in [2.24, 2.45) is 13.0 Å². The van der Waals surface area contributed by atoms with Gasteiger partial charge in [0.2, 0.25) is 5.91 Å². The summed E-state index contributed by atoms with van der Waals surface area (Å²) in [5.41, 5.74) is 3.44. The Morgan fingerprint density at radius 3 is 2.71 bits per heavy atom. The van der Waals surface area contributed by atoms with Gasteiger partial charge in [-0.3, -0.25) is 14.4 Å². The number of piperidine rings is 1. The summed E-state index contributed by atoms with van der Waals surface area (Å²) in [5, 5.41) is 4.67. The maximum absolute atomic E-state index is 12.4. The molecule has 0 unspecified atom stereocenters. The summed E-state index contributed by atoms with van der Waals surface area (Å²) in [6.07, 6.45) is 4.27. The molecule has 2 bridgehead atoms. The third kappa shape index (κ3) is 2.73. The first-order valence-corrected chi connectivity index (χ1v) is 8.69. The molecule has 0 radical (unpaired) electrons. The Morgan fingerprint density at radius 2 is 1.92 bits per heavy atom. The molecule has 0 saturated carbocycles. The predicted molar refractivity (Wildman–Crippen MR) is 93.2 cm³/mol. The highest BCUT2D eigenvalue weighted by Crippen LogP contribution is 2.30. The number of benzene rings is 1. The van der Waals surface area contributed by atoms with Gasteiger partial charge in [-0.05, 0) is 12.8 Å². The molecular formula is C19H24N4O. The lowest BCUT2D eigenvalue weighted by Crippen LogP contribution is -2.45. The number of rotatable bonds is 3. The summed E-state index contributed by atoms with van der Waals surface area (Å²) in [5.74, 6) is 0.480. The van der Waals surface area contributed by atoms with Crippen LogP contribution in [-0.4, -0.2) is 51.7 Å². The zero-order valence-corrected chi connectivity index (χ0v) is 14.4. The molecule has 3 saturated heterocycles. The molecule has 2 atom stereocenters. The second kappa shape index (κ2) is 6.06. The molecule has 5 rings (SSSR count). The van der Waals surface area contributed by atoms with Gasteiger partial charge in [-0.2, -0.15) is 5.10 Å². The van der Waals surface area contributed by atoms with Crippen molar-refractivity contribution in [3.63, 3.8) is 0 Å². The Labute approximate surface area is 142 Å². The molecular weight excluding hydrogens is 300 g/mol. The maximum Gasteiger partial charge on any atom is 0.227 e. The van der Waals surface area contributed by atoms with Crippen LogP contribution < -0.4 is 0 Å². The van der Waals surface area contributed by atoms with E-state index in [1.54, 1.807) is 0 Å². The first-order chi connectivity index (χ1) is 11.6. The Hall–Kier alpha value is -2.14. The second-order valence-corrected chi connectivity index (χ2v) is 7.11. The smallest absolute Gasteiger partial charge is 0.227 e. The molecule has 2 aromatic rings. The van der Waals surface area contributed by atoms with Gasteiger partial charge in [0.25, 0.3) is 0 Å². The number of fused-ring (bicyclic) bond motifs is 4. The lowest BCUT2D eigenvalue weighted by molar-refractivity contribution is -0.138. The number of amides is 1. The fourth-order valence-electron chi connectivity index (χ4n) is 4.11. The number of hydrogen-bond donors (Lipinski definition) is 0. The minimum absolute atomic E-state index is 0.158. The maximum atomic E-state index is 12.4. The van der Waals surface area contributed by atoms with Crippen molar-refractivity contribution in [1.82, 2.24) is 19.6 Å². The van der Waals surface area contributed by atoms with E-state index in [0.717, 1.165) is 43.7 Å². The summed E-state index contributed by atoms with van der Waals surface area (Å²) in [6, 6.07) is 10.7. The average Bonchev–Trinajstić information content (AvgIpc) is 2.77. The molecule has 1 amide bonds. The summed E-state index contributed by atoms with van der Waals surface area (Å²) < 4.78 is 1.89. The Balaban J connectivity index is 1.59. The van der Waals surface area contributed by atoms with Crippen molar-refractivity contribution in [2.75, 3.05) is 20.1 Å². The van der Waals surface area contributed by atoms with Crippen LogP contribution in [-0.2, 0) is 18.4 Å². The van der Waals surface area contributed by atoms with Gasteiger partial charge in [-0.15, -0.1) is 0 Å². The van der Waals surface area contributed by atoms with Crippen molar-refractivity contribution in [3.05, 3.63) is 42.1 Å². The molecule has 0 N–H and O–H groups in total. The molecule has 3 fully saturated rings. The van der Waals surface area contributed by atoms with Crippen LogP contribution in [0.2, 0.25) is 0 Å². The van der Waals surface area contributed by atoms with Crippen molar-refractivity contribution < 1.29 is 4.79 Å². The third-order valence-corrected chi connectivity index (χ3v) is 5.39. The second-order valence-electron chi connectivity index (χ2n) is 7.11. The first kappa shape index (κ1) is 15.4. The summed E-state index contributed by atoms with van der Waals surface area (Å²) in [4.78, 5) is 16.8. The van der Waals surface area contributed by atoms with E-state index in [1.807, 2.05) is 41.9 Å². The Bertz CT molecular complexity index is 739. The first-order valence-electron chi connectivity index (χ1n) is 8.69. The van der Waals surface area contributed by atoms with Gasteiger partial charge < -0.3 is 4.90 Å². The lowest BCUT2D eigenvalue weighted by Gasteiger charge is -2.32. The summed E-state index contributed by atoms with van der Waals surface area (Å²) in [7, 11) is 3.93. The Kier molecular flexibility index (Phi) is 3.88. The molecule has 3 aliphatic heterocycles. The number of hydrogen-bond acceptors (Lipinski definition) is 3. The van der Waals surface area contributed by atoms with Gasteiger partial charge in [0.15, 0.2) is 0 Å². The summed E-state index contributed by atoms with van der Waals surface area (Å²) in [6.45, 7) is 2.68. The van der Waals surface area contributed by atoms with E-state index in [9.17, 15) is 4.79 Å². The van der Waals surface area contributed by atoms with Gasteiger partial charge in [0.1, 0.15) is 0 Å². The van der Waals surface area contributed by atoms with Gasteiger partial charge >= 0.3 is 0 Å². The Morgan fingerprint density at radius 1 is 1.12 bits per heavy atom. The average molecular weight is 324 g/mol. The summed E-state index contributed by atoms with van der Waals surface area (Å²) >= 11 is 0. The lowest BCUT2D eigenvalue weighted by atomic mass is 9.95. The molecule has 3 aliphatic rings. The molecule has 1 aromatic carbocycles. The van der Waals surface area contributed by atoms with E-state index >= 15 is 0 Å². The van der Waals surface area contributed by atoms with E-state index in [0.29, 0.717) is 11.9 Å². The zero-order chi connectivity index (χ0) is 16.7. The van der Waals surface area contributed by atoms with E-state index in [2.05, 4.69) is 28.3 Å². The van der Waals surface area contributed by atoms with Gasteiger partial charge in [-0.25, -0.2) is 0 Å². The van der Waals surface area contributed by atoms with Crippen molar-refractivity contribution in [3.8, 4) is 11.3 Å². The van der Waals surface area contributed by atoms with Crippen LogP contribution in [0.25, 0.3) is 11.3 Å². The van der Waals surface area contributed by atoms with Gasteiger partial charge in [0.05, 0.1) is 11.6 Å². The fraction of sp³-hybridized carbons (Fsp3) is 0.474. The van der Waals surface area contributed by atoms with Crippen LogP contribution in [0.5, 0.6) is 0 Å². The molecule has 0 spiro atoms. The molecule has 24 heavy (non-hydrogen) atoms. The number of nitrogens with zero attached hydrogens (tertiary/aromatic N) is 4. The number of aryl methyl sites for hydroxylation is 1. The van der Waals surface area contributed by atoms with E-state index in [1.165, 1.54) is 5.56 Å². The number of carbonyl (C=O) groups excluding carboxylic acids is 1. The molecule has 5 heteroatoms. The van der Waals surface area contributed by atoms with Crippen molar-refractivity contribution >= 4 is 5.91 Å². The number of likely N-dealkylation sites (N-methyl/N-ethyl adjacent to an activating group) is 1. The van der Waals surface area contributed by atoms with Crippen molar-refractivity contribution in [2.45, 2.75) is 25.4 Å². The minimum atomic E-state index is 0.158. The monoisotopic (exact) mass is 324 g/mol. The van der Waals surface area contributed by atoms with Crippen LogP contribution in [0.4, 0.5) is 0 Å². The largest absolute Gasteiger partial charge is 0.341 e. The highest BCUT2D eigenvalue weighted by atomic mass is 16.2. The number of aromatic nitrogens is 2. The van der Waals surface area contributed by atoms with Crippen molar-refractivity contribution in [1.29, 1.82) is 0 Å². The fourth-order valence-corrected chi connectivity index (χ4v) is 4.11. The van der Waals surface area contributed by atoms with Crippen LogP contribution in [0.1, 0.15) is 18.4 Å². The minimum Gasteiger partial charge on any atom is -0.341 e. The standard InChI is InChI=1S/C19H24N4O/c1-21-10-16(18(20-21)14-6-4-3-5-7-14)12-23-11-15-8-9-17(13-23)22(2)19(15)24/h3-7,10,15,17H,8-9,11-13H2,1-2H3/t15-,17+/m1/s1. The van der Waals surface area contributed by atoms with E-state index < -0.39 is 0 Å². The molecule has 0 aliphatic carbocycles. The SMILES string of the molecule is CN1C(=O)[C@@H]2CC[C@H]1CN(Cc1cn(C)nc1-c1ccccc1)C2. The highest BCUT2D eigenvalue weighted by Gasteiger charge is 2.38. The highest BCUT2D eigenvalue weighted by molar-refractivity contribution is 5.80. The van der Waals surface area contributed by atoms with Crippen LogP contribution >= 0.6 is 0 Å². The molecule has 126 valence electrons. The molecule has 1 aromatic heterocycles.